The highest BCUT2D eigenvalue weighted by Gasteiger charge is 2.33. The second kappa shape index (κ2) is 7.38. The molecule has 1 aliphatic heterocycles. The molecule has 1 heterocycles. The van der Waals surface area contributed by atoms with Crippen LogP contribution < -0.4 is 0 Å². The van der Waals surface area contributed by atoms with E-state index in [2.05, 4.69) is 19.1 Å². The van der Waals surface area contributed by atoms with Gasteiger partial charge in [0, 0.05) is 26.3 Å². The van der Waals surface area contributed by atoms with E-state index in [0.717, 1.165) is 19.3 Å². The molecule has 118 valence electrons. The Kier molecular flexibility index (Phi) is 5.79. The fourth-order valence-electron chi connectivity index (χ4n) is 3.03. The topological polar surface area (TPSA) is 46.6 Å². The Morgan fingerprint density at radius 3 is 2.76 bits per heavy atom. The first kappa shape index (κ1) is 16.5. The lowest BCUT2D eigenvalue weighted by molar-refractivity contribution is 0.194. The molecule has 0 saturated carbocycles. The molecular weight excluding hydrogens is 286 g/mol. The molecular formula is C16H25NO3S. The first-order chi connectivity index (χ1) is 10.1. The fraction of sp³-hybridized carbons (Fsp3) is 0.625. The van der Waals surface area contributed by atoms with Crippen LogP contribution in [0.25, 0.3) is 0 Å². The van der Waals surface area contributed by atoms with Crippen LogP contribution in [0.5, 0.6) is 0 Å². The predicted octanol–water partition coefficient (Wildman–Crippen LogP) is 2.75. The molecule has 0 fully saturated rings. The van der Waals surface area contributed by atoms with Gasteiger partial charge in [-0.1, -0.05) is 31.2 Å². The minimum absolute atomic E-state index is 0.0117. The van der Waals surface area contributed by atoms with Gasteiger partial charge >= 0.3 is 0 Å². The second-order valence-corrected chi connectivity index (χ2v) is 7.54. The minimum Gasteiger partial charge on any atom is -0.385 e. The molecule has 0 aliphatic carbocycles. The average molecular weight is 311 g/mol. The van der Waals surface area contributed by atoms with Gasteiger partial charge in [-0.15, -0.1) is 0 Å². The van der Waals surface area contributed by atoms with Crippen LogP contribution in [0.3, 0.4) is 0 Å². The Balaban J connectivity index is 2.12. The van der Waals surface area contributed by atoms with Crippen molar-refractivity contribution in [1.29, 1.82) is 0 Å². The maximum atomic E-state index is 12.6. The van der Waals surface area contributed by atoms with Crippen molar-refractivity contribution in [2.24, 2.45) is 0 Å². The van der Waals surface area contributed by atoms with E-state index in [1.807, 2.05) is 12.1 Å². The highest BCUT2D eigenvalue weighted by atomic mass is 32.2. The Labute approximate surface area is 128 Å². The zero-order valence-corrected chi connectivity index (χ0v) is 13.7. The molecule has 1 atom stereocenters. The first-order valence-electron chi connectivity index (χ1n) is 7.66. The van der Waals surface area contributed by atoms with Gasteiger partial charge in [-0.25, -0.2) is 8.42 Å². The average Bonchev–Trinajstić information content (AvgIpc) is 2.50. The number of ether oxygens (including phenoxy) is 1. The molecule has 0 spiro atoms. The van der Waals surface area contributed by atoms with Crippen molar-refractivity contribution in [1.82, 2.24) is 4.31 Å². The van der Waals surface area contributed by atoms with Crippen molar-refractivity contribution in [2.45, 2.75) is 38.6 Å². The monoisotopic (exact) mass is 311 g/mol. The molecule has 0 amide bonds. The summed E-state index contributed by atoms with van der Waals surface area (Å²) in [5, 5.41) is 0. The van der Waals surface area contributed by atoms with Gasteiger partial charge in [-0.3, -0.25) is 0 Å². The number of rotatable bonds is 7. The van der Waals surface area contributed by atoms with Crippen molar-refractivity contribution in [3.05, 3.63) is 35.4 Å². The van der Waals surface area contributed by atoms with Crippen molar-refractivity contribution < 1.29 is 13.2 Å². The van der Waals surface area contributed by atoms with Crippen molar-refractivity contribution in [3.63, 3.8) is 0 Å². The van der Waals surface area contributed by atoms with Crippen LogP contribution >= 0.6 is 0 Å². The van der Waals surface area contributed by atoms with E-state index in [1.165, 1.54) is 11.1 Å². The molecule has 21 heavy (non-hydrogen) atoms. The lowest BCUT2D eigenvalue weighted by atomic mass is 9.93. The zero-order valence-electron chi connectivity index (χ0n) is 12.9. The van der Waals surface area contributed by atoms with Crippen LogP contribution in [-0.4, -0.2) is 38.7 Å². The van der Waals surface area contributed by atoms with Crippen LogP contribution in [0.2, 0.25) is 0 Å². The van der Waals surface area contributed by atoms with Gasteiger partial charge in [0.05, 0.1) is 5.75 Å². The highest BCUT2D eigenvalue weighted by molar-refractivity contribution is 7.89. The van der Waals surface area contributed by atoms with Gasteiger partial charge in [0.2, 0.25) is 10.0 Å². The van der Waals surface area contributed by atoms with Crippen LogP contribution in [-0.2, 0) is 21.2 Å². The molecule has 0 N–H and O–H groups in total. The lowest BCUT2D eigenvalue weighted by Gasteiger charge is -2.36. The second-order valence-electron chi connectivity index (χ2n) is 5.50. The molecule has 0 aromatic heterocycles. The number of hydrogen-bond donors (Lipinski definition) is 0. The quantitative estimate of drug-likeness (QED) is 0.727. The standard InChI is InChI=1S/C16H25NO3S/c1-3-16-15-9-5-4-8-14(15)10-11-17(16)21(18,19)13-7-6-12-20-2/h4-5,8-9,16H,3,6-7,10-13H2,1-2H3/t16-/m0/s1. The molecule has 0 unspecified atom stereocenters. The summed E-state index contributed by atoms with van der Waals surface area (Å²) >= 11 is 0. The lowest BCUT2D eigenvalue weighted by Crippen LogP contribution is -2.41. The molecule has 1 aromatic carbocycles. The molecule has 4 nitrogen and oxygen atoms in total. The number of methoxy groups -OCH3 is 1. The van der Waals surface area contributed by atoms with E-state index < -0.39 is 10.0 Å². The Bertz CT molecular complexity index is 556. The summed E-state index contributed by atoms with van der Waals surface area (Å²) in [4.78, 5) is 0. The summed E-state index contributed by atoms with van der Waals surface area (Å²) in [6.45, 7) is 3.28. The summed E-state index contributed by atoms with van der Waals surface area (Å²) in [7, 11) is -1.55. The summed E-state index contributed by atoms with van der Waals surface area (Å²) in [6, 6.07) is 8.19. The van der Waals surface area contributed by atoms with E-state index in [0.29, 0.717) is 19.6 Å². The molecule has 0 bridgehead atoms. The maximum Gasteiger partial charge on any atom is 0.214 e. The normalized spacial score (nSPS) is 19.4. The number of nitrogens with zero attached hydrogens (tertiary/aromatic N) is 1. The third kappa shape index (κ3) is 3.84. The molecule has 2 rings (SSSR count). The Morgan fingerprint density at radius 2 is 2.05 bits per heavy atom. The fourth-order valence-corrected chi connectivity index (χ4v) is 4.86. The van der Waals surface area contributed by atoms with Crippen LogP contribution in [0.15, 0.2) is 24.3 Å². The number of unbranched alkanes of at least 4 members (excludes halogenated alkanes) is 1. The molecule has 0 saturated heterocycles. The van der Waals surface area contributed by atoms with Gasteiger partial charge in [0.15, 0.2) is 0 Å². The third-order valence-electron chi connectivity index (χ3n) is 4.11. The van der Waals surface area contributed by atoms with E-state index in [9.17, 15) is 8.42 Å². The number of fused-ring (bicyclic) bond motifs is 1. The van der Waals surface area contributed by atoms with Gasteiger partial charge in [0.25, 0.3) is 0 Å². The highest BCUT2D eigenvalue weighted by Crippen LogP contribution is 2.34. The van der Waals surface area contributed by atoms with Crippen LogP contribution in [0.4, 0.5) is 0 Å². The first-order valence-corrected chi connectivity index (χ1v) is 9.27. The molecule has 1 aromatic rings. The number of benzene rings is 1. The van der Waals surface area contributed by atoms with Crippen molar-refractivity contribution >= 4 is 10.0 Å². The van der Waals surface area contributed by atoms with Crippen molar-refractivity contribution in [3.8, 4) is 0 Å². The van der Waals surface area contributed by atoms with E-state index in [1.54, 1.807) is 11.4 Å². The smallest absolute Gasteiger partial charge is 0.214 e. The van der Waals surface area contributed by atoms with Crippen LogP contribution in [0, 0.1) is 0 Å². The summed E-state index contributed by atoms with van der Waals surface area (Å²) in [5.41, 5.74) is 2.46. The maximum absolute atomic E-state index is 12.6. The van der Waals surface area contributed by atoms with Gasteiger partial charge in [-0.05, 0) is 36.8 Å². The Morgan fingerprint density at radius 1 is 1.29 bits per heavy atom. The SMILES string of the molecule is CC[C@H]1c2ccccc2CCN1S(=O)(=O)CCCCOC. The van der Waals surface area contributed by atoms with Crippen LogP contribution in [0.1, 0.15) is 43.4 Å². The third-order valence-corrected chi connectivity index (χ3v) is 6.06. The van der Waals surface area contributed by atoms with Gasteiger partial charge < -0.3 is 4.74 Å². The predicted molar refractivity (Wildman–Crippen MR) is 84.8 cm³/mol. The number of hydrogen-bond acceptors (Lipinski definition) is 3. The van der Waals surface area contributed by atoms with E-state index >= 15 is 0 Å². The zero-order chi connectivity index (χ0) is 15.3. The number of sulfonamides is 1. The largest absolute Gasteiger partial charge is 0.385 e. The molecule has 5 heteroatoms. The molecule has 0 radical (unpaired) electrons. The van der Waals surface area contributed by atoms with Crippen molar-refractivity contribution in [2.75, 3.05) is 26.0 Å². The van der Waals surface area contributed by atoms with Gasteiger partial charge in [-0.2, -0.15) is 4.31 Å². The van der Waals surface area contributed by atoms with Gasteiger partial charge in [0.1, 0.15) is 0 Å². The van der Waals surface area contributed by atoms with E-state index in [-0.39, 0.29) is 11.8 Å². The molecule has 1 aliphatic rings. The van der Waals surface area contributed by atoms with E-state index in [4.69, 9.17) is 4.74 Å². The Hall–Kier alpha value is -0.910. The summed E-state index contributed by atoms with van der Waals surface area (Å²) < 4.78 is 31.9. The summed E-state index contributed by atoms with van der Waals surface area (Å²) in [6.07, 6.45) is 3.07. The summed E-state index contributed by atoms with van der Waals surface area (Å²) in [5.74, 6) is 0.217. The minimum atomic E-state index is -3.19.